The van der Waals surface area contributed by atoms with Gasteiger partial charge < -0.3 is 4.74 Å². The molecule has 1 aliphatic carbocycles. The van der Waals surface area contributed by atoms with Crippen LogP contribution in [0.15, 0.2) is 0 Å². The summed E-state index contributed by atoms with van der Waals surface area (Å²) in [5.41, 5.74) is 0.194. The second-order valence-corrected chi connectivity index (χ2v) is 3.31. The Morgan fingerprint density at radius 2 is 2.22 bits per heavy atom. The highest BCUT2D eigenvalue weighted by molar-refractivity contribution is 4.86. The van der Waals surface area contributed by atoms with Crippen LogP contribution >= 0.6 is 0 Å². The van der Waals surface area contributed by atoms with Gasteiger partial charge in [-0.05, 0) is 25.7 Å². The summed E-state index contributed by atoms with van der Waals surface area (Å²) in [5.74, 6) is 0.752. The van der Waals surface area contributed by atoms with Crippen molar-refractivity contribution < 1.29 is 4.74 Å². The minimum absolute atomic E-state index is 0.194. The van der Waals surface area contributed by atoms with Gasteiger partial charge in [-0.15, -0.1) is 0 Å². The molecule has 0 radical (unpaired) electrons. The second-order valence-electron chi connectivity index (χ2n) is 3.31. The van der Waals surface area contributed by atoms with E-state index in [2.05, 4.69) is 13.8 Å². The maximum atomic E-state index is 5.41. The largest absolute Gasteiger partial charge is 0.378 e. The Morgan fingerprint density at radius 1 is 1.56 bits per heavy atom. The first-order valence-electron chi connectivity index (χ1n) is 3.74. The Bertz CT molecular complexity index is 101. The van der Waals surface area contributed by atoms with Crippen LogP contribution < -0.4 is 0 Å². The highest BCUT2D eigenvalue weighted by Gasteiger charge is 2.35. The number of rotatable bonds is 1. The summed E-state index contributed by atoms with van der Waals surface area (Å²) in [5, 5.41) is 0. The van der Waals surface area contributed by atoms with Crippen LogP contribution in [0.1, 0.15) is 33.1 Å². The fourth-order valence-electron chi connectivity index (χ4n) is 1.61. The van der Waals surface area contributed by atoms with Crippen molar-refractivity contribution in [2.45, 2.75) is 38.7 Å². The van der Waals surface area contributed by atoms with Gasteiger partial charge in [0.15, 0.2) is 0 Å². The summed E-state index contributed by atoms with van der Waals surface area (Å²) in [7, 11) is 1.82. The van der Waals surface area contributed by atoms with Crippen LogP contribution in [0.3, 0.4) is 0 Å². The molecule has 0 aromatic heterocycles. The molecule has 0 heterocycles. The van der Waals surface area contributed by atoms with Crippen molar-refractivity contribution in [3.63, 3.8) is 0 Å². The summed E-state index contributed by atoms with van der Waals surface area (Å²) < 4.78 is 5.41. The molecule has 1 heteroatoms. The normalized spacial score (nSPS) is 43.7. The van der Waals surface area contributed by atoms with E-state index in [4.69, 9.17) is 4.74 Å². The first-order valence-corrected chi connectivity index (χ1v) is 3.74. The van der Waals surface area contributed by atoms with Crippen LogP contribution in [0.2, 0.25) is 0 Å². The van der Waals surface area contributed by atoms with Crippen molar-refractivity contribution in [1.82, 2.24) is 0 Å². The Kier molecular flexibility index (Phi) is 1.80. The molecule has 0 aromatic rings. The molecule has 9 heavy (non-hydrogen) atoms. The van der Waals surface area contributed by atoms with E-state index in [0.717, 1.165) is 5.92 Å². The van der Waals surface area contributed by atoms with Gasteiger partial charge in [0.25, 0.3) is 0 Å². The molecule has 0 spiro atoms. The summed E-state index contributed by atoms with van der Waals surface area (Å²) in [4.78, 5) is 0. The number of ether oxygens (including phenoxy) is 1. The predicted octanol–water partition coefficient (Wildman–Crippen LogP) is 2.21. The summed E-state index contributed by atoms with van der Waals surface area (Å²) >= 11 is 0. The lowest BCUT2D eigenvalue weighted by molar-refractivity contribution is -0.0196. The van der Waals surface area contributed by atoms with Gasteiger partial charge in [0.2, 0.25) is 0 Å². The van der Waals surface area contributed by atoms with Crippen LogP contribution in [0.4, 0.5) is 0 Å². The highest BCUT2D eigenvalue weighted by atomic mass is 16.5. The molecule has 1 nitrogen and oxygen atoms in total. The van der Waals surface area contributed by atoms with Gasteiger partial charge >= 0.3 is 0 Å². The zero-order valence-electron chi connectivity index (χ0n) is 6.61. The number of hydrogen-bond acceptors (Lipinski definition) is 1. The molecule has 0 aliphatic heterocycles. The van der Waals surface area contributed by atoms with Crippen molar-refractivity contribution in [3.8, 4) is 0 Å². The van der Waals surface area contributed by atoms with Gasteiger partial charge in [0, 0.05) is 7.11 Å². The molecule has 0 bridgehead atoms. The second kappa shape index (κ2) is 2.30. The lowest BCUT2D eigenvalue weighted by Gasteiger charge is -2.27. The van der Waals surface area contributed by atoms with E-state index in [9.17, 15) is 0 Å². The highest BCUT2D eigenvalue weighted by Crippen LogP contribution is 2.37. The van der Waals surface area contributed by atoms with Crippen LogP contribution in [-0.4, -0.2) is 12.7 Å². The SMILES string of the molecule is COC1(C)CCCC1C. The van der Waals surface area contributed by atoms with E-state index in [1.165, 1.54) is 19.3 Å². The van der Waals surface area contributed by atoms with E-state index in [1.807, 2.05) is 7.11 Å². The maximum absolute atomic E-state index is 5.41. The molecule has 0 saturated heterocycles. The molecule has 54 valence electrons. The van der Waals surface area contributed by atoms with E-state index < -0.39 is 0 Å². The van der Waals surface area contributed by atoms with Gasteiger partial charge in [-0.3, -0.25) is 0 Å². The summed E-state index contributed by atoms with van der Waals surface area (Å²) in [6.45, 7) is 4.49. The summed E-state index contributed by atoms with van der Waals surface area (Å²) in [6, 6.07) is 0. The van der Waals surface area contributed by atoms with Crippen LogP contribution in [-0.2, 0) is 4.74 Å². The number of methoxy groups -OCH3 is 1. The third kappa shape index (κ3) is 1.11. The van der Waals surface area contributed by atoms with Crippen LogP contribution in [0.5, 0.6) is 0 Å². The molecule has 2 atom stereocenters. The molecule has 0 aromatic carbocycles. The Labute approximate surface area is 57.4 Å². The van der Waals surface area contributed by atoms with Crippen molar-refractivity contribution in [3.05, 3.63) is 0 Å². The molecule has 1 aliphatic rings. The van der Waals surface area contributed by atoms with Crippen LogP contribution in [0, 0.1) is 5.92 Å². The van der Waals surface area contributed by atoms with Gasteiger partial charge in [-0.1, -0.05) is 13.3 Å². The minimum atomic E-state index is 0.194. The molecule has 1 fully saturated rings. The zero-order valence-corrected chi connectivity index (χ0v) is 6.61. The van der Waals surface area contributed by atoms with Gasteiger partial charge in [0.1, 0.15) is 0 Å². The molecule has 0 N–H and O–H groups in total. The maximum Gasteiger partial charge on any atom is 0.0676 e. The standard InChI is InChI=1S/C8H16O/c1-7-5-4-6-8(7,2)9-3/h7H,4-6H2,1-3H3. The lowest BCUT2D eigenvalue weighted by Crippen LogP contribution is -2.29. The Hall–Kier alpha value is -0.0400. The first-order chi connectivity index (χ1) is 4.19. The minimum Gasteiger partial charge on any atom is -0.378 e. The van der Waals surface area contributed by atoms with E-state index in [1.54, 1.807) is 0 Å². The third-order valence-corrected chi connectivity index (χ3v) is 2.82. The smallest absolute Gasteiger partial charge is 0.0676 e. The molecular formula is C8H16O. The van der Waals surface area contributed by atoms with Crippen LogP contribution in [0.25, 0.3) is 0 Å². The van der Waals surface area contributed by atoms with Crippen molar-refractivity contribution in [2.75, 3.05) is 7.11 Å². The Balaban J connectivity index is 2.56. The fraction of sp³-hybridized carbons (Fsp3) is 1.00. The topological polar surface area (TPSA) is 9.23 Å². The van der Waals surface area contributed by atoms with Gasteiger partial charge in [0.05, 0.1) is 5.60 Å². The average Bonchev–Trinajstić information content (AvgIpc) is 2.15. The molecular weight excluding hydrogens is 112 g/mol. The van der Waals surface area contributed by atoms with E-state index >= 15 is 0 Å². The predicted molar refractivity (Wildman–Crippen MR) is 38.4 cm³/mol. The Morgan fingerprint density at radius 3 is 2.44 bits per heavy atom. The molecule has 1 rings (SSSR count). The van der Waals surface area contributed by atoms with E-state index in [0.29, 0.717) is 0 Å². The van der Waals surface area contributed by atoms with Gasteiger partial charge in [-0.2, -0.15) is 0 Å². The monoisotopic (exact) mass is 128 g/mol. The summed E-state index contributed by atoms with van der Waals surface area (Å²) in [6.07, 6.45) is 3.92. The first kappa shape index (κ1) is 7.07. The molecule has 0 amide bonds. The van der Waals surface area contributed by atoms with Gasteiger partial charge in [-0.25, -0.2) is 0 Å². The number of hydrogen-bond donors (Lipinski definition) is 0. The lowest BCUT2D eigenvalue weighted by atomic mass is 9.95. The molecule has 2 unspecified atom stereocenters. The van der Waals surface area contributed by atoms with Crippen molar-refractivity contribution in [1.29, 1.82) is 0 Å². The third-order valence-electron chi connectivity index (χ3n) is 2.82. The van der Waals surface area contributed by atoms with Crippen molar-refractivity contribution in [2.24, 2.45) is 5.92 Å². The quantitative estimate of drug-likeness (QED) is 0.526. The fourth-order valence-corrected chi connectivity index (χ4v) is 1.61. The van der Waals surface area contributed by atoms with Crippen molar-refractivity contribution >= 4 is 0 Å². The average molecular weight is 128 g/mol. The zero-order chi connectivity index (χ0) is 6.91. The van der Waals surface area contributed by atoms with E-state index in [-0.39, 0.29) is 5.60 Å². The molecule has 1 saturated carbocycles.